The van der Waals surface area contributed by atoms with Crippen LogP contribution in [0.1, 0.15) is 43.1 Å². The molecule has 1 heterocycles. The predicted molar refractivity (Wildman–Crippen MR) is 123 cm³/mol. The van der Waals surface area contributed by atoms with Crippen LogP contribution in [0.3, 0.4) is 0 Å². The fraction of sp³-hybridized carbons (Fsp3) is 0.458. The van der Waals surface area contributed by atoms with Gasteiger partial charge >= 0.3 is 0 Å². The van der Waals surface area contributed by atoms with Gasteiger partial charge in [0.1, 0.15) is 11.6 Å². The maximum atomic E-state index is 14.4. The second-order valence-electron chi connectivity index (χ2n) is 8.38. The van der Waals surface area contributed by atoms with Crippen molar-refractivity contribution in [2.45, 2.75) is 50.7 Å². The minimum atomic E-state index is -3.82. The van der Waals surface area contributed by atoms with Gasteiger partial charge in [0.2, 0.25) is 10.0 Å². The first-order valence-electron chi connectivity index (χ1n) is 11.1. The molecule has 0 aliphatic carbocycles. The fourth-order valence-corrected chi connectivity index (χ4v) is 4.97. The Kier molecular flexibility index (Phi) is 8.45. The molecule has 9 heteroatoms. The number of aryl methyl sites for hydroxylation is 1. The van der Waals surface area contributed by atoms with Gasteiger partial charge in [-0.25, -0.2) is 12.8 Å². The molecule has 180 valence electrons. The molecule has 1 N–H and O–H groups in total. The average molecular weight is 479 g/mol. The quantitative estimate of drug-likeness (QED) is 0.597. The van der Waals surface area contributed by atoms with Gasteiger partial charge in [-0.2, -0.15) is 4.31 Å². The lowest BCUT2D eigenvalue weighted by Crippen LogP contribution is -2.40. The number of amides is 1. The predicted octanol–water partition coefficient (Wildman–Crippen LogP) is 3.38. The molecule has 3 rings (SSSR count). The number of rotatable bonds is 9. The van der Waals surface area contributed by atoms with E-state index in [2.05, 4.69) is 5.32 Å². The summed E-state index contributed by atoms with van der Waals surface area (Å²) in [6.07, 6.45) is 1.47. The van der Waals surface area contributed by atoms with Gasteiger partial charge in [-0.15, -0.1) is 0 Å². The number of ether oxygens (including phenoxy) is 2. The molecule has 0 bridgehead atoms. The Morgan fingerprint density at radius 3 is 2.42 bits per heavy atom. The van der Waals surface area contributed by atoms with Crippen molar-refractivity contribution in [2.75, 3.05) is 26.3 Å². The van der Waals surface area contributed by atoms with E-state index in [-0.39, 0.29) is 35.7 Å². The van der Waals surface area contributed by atoms with E-state index in [1.165, 1.54) is 10.4 Å². The third kappa shape index (κ3) is 6.75. The summed E-state index contributed by atoms with van der Waals surface area (Å²) < 4.78 is 52.2. The lowest BCUT2D eigenvalue weighted by atomic mass is 10.1. The highest BCUT2D eigenvalue weighted by atomic mass is 32.2. The van der Waals surface area contributed by atoms with E-state index in [4.69, 9.17) is 9.47 Å². The Bertz CT molecular complexity index is 1050. The highest BCUT2D eigenvalue weighted by Gasteiger charge is 2.28. The van der Waals surface area contributed by atoms with Gasteiger partial charge in [0.15, 0.2) is 0 Å². The molecule has 1 unspecified atom stereocenters. The van der Waals surface area contributed by atoms with E-state index in [0.717, 1.165) is 29.9 Å². The topological polar surface area (TPSA) is 84.9 Å². The minimum absolute atomic E-state index is 0.104. The molecule has 2 aromatic rings. The molecule has 1 saturated heterocycles. The van der Waals surface area contributed by atoms with Crippen molar-refractivity contribution >= 4 is 15.9 Å². The molecule has 0 saturated carbocycles. The molecule has 0 spiro atoms. The molecule has 0 radical (unpaired) electrons. The van der Waals surface area contributed by atoms with Crippen LogP contribution < -0.4 is 10.1 Å². The van der Waals surface area contributed by atoms with Crippen LogP contribution in [0, 0.1) is 5.82 Å². The number of benzene rings is 2. The smallest absolute Gasteiger partial charge is 0.254 e. The monoisotopic (exact) mass is 478 g/mol. The van der Waals surface area contributed by atoms with Crippen LogP contribution in [0.4, 0.5) is 4.39 Å². The fourth-order valence-electron chi connectivity index (χ4n) is 3.54. The molecular weight excluding hydrogens is 447 g/mol. The second-order valence-corrected chi connectivity index (χ2v) is 10.3. The Balaban J connectivity index is 1.61. The maximum absolute atomic E-state index is 14.4. The molecular formula is C24H31FN2O5S. The van der Waals surface area contributed by atoms with E-state index in [9.17, 15) is 17.6 Å². The van der Waals surface area contributed by atoms with Gasteiger partial charge in [-0.05, 0) is 69.5 Å². The number of halogens is 1. The molecule has 2 aromatic carbocycles. The van der Waals surface area contributed by atoms with E-state index < -0.39 is 21.7 Å². The normalized spacial score (nSPS) is 15.9. The van der Waals surface area contributed by atoms with Crippen molar-refractivity contribution in [1.29, 1.82) is 0 Å². The summed E-state index contributed by atoms with van der Waals surface area (Å²) in [6, 6.07) is 10.9. The van der Waals surface area contributed by atoms with Crippen LogP contribution in [-0.4, -0.2) is 57.1 Å². The Labute approximate surface area is 194 Å². The molecule has 7 nitrogen and oxygen atoms in total. The van der Waals surface area contributed by atoms with Crippen LogP contribution in [0.15, 0.2) is 47.4 Å². The Morgan fingerprint density at radius 2 is 1.79 bits per heavy atom. The average Bonchev–Trinajstić information content (AvgIpc) is 2.79. The van der Waals surface area contributed by atoms with Crippen LogP contribution in [0.5, 0.6) is 5.75 Å². The first-order valence-corrected chi connectivity index (χ1v) is 12.5. The maximum Gasteiger partial charge on any atom is 0.254 e. The largest absolute Gasteiger partial charge is 0.491 e. The van der Waals surface area contributed by atoms with Gasteiger partial charge in [-0.3, -0.25) is 4.79 Å². The zero-order chi connectivity index (χ0) is 24.0. The van der Waals surface area contributed by atoms with E-state index in [0.29, 0.717) is 19.6 Å². The number of nitrogens with zero attached hydrogens (tertiary/aromatic N) is 1. The van der Waals surface area contributed by atoms with Crippen molar-refractivity contribution < 1.29 is 27.1 Å². The number of hydrogen-bond donors (Lipinski definition) is 1. The zero-order valence-electron chi connectivity index (χ0n) is 19.2. The summed E-state index contributed by atoms with van der Waals surface area (Å²) in [5.41, 5.74) is 0.809. The van der Waals surface area contributed by atoms with Crippen molar-refractivity contribution in [3.8, 4) is 5.75 Å². The van der Waals surface area contributed by atoms with Gasteiger partial charge < -0.3 is 14.8 Å². The highest BCUT2D eigenvalue weighted by Crippen LogP contribution is 2.21. The number of nitrogens with one attached hydrogen (secondary N) is 1. The summed E-state index contributed by atoms with van der Waals surface area (Å²) in [5, 5.41) is 2.77. The van der Waals surface area contributed by atoms with Gasteiger partial charge in [0.05, 0.1) is 29.8 Å². The first-order chi connectivity index (χ1) is 15.7. The van der Waals surface area contributed by atoms with Gasteiger partial charge in [0.25, 0.3) is 5.91 Å². The minimum Gasteiger partial charge on any atom is -0.491 e. The third-order valence-electron chi connectivity index (χ3n) is 5.33. The van der Waals surface area contributed by atoms with E-state index in [1.54, 1.807) is 0 Å². The van der Waals surface area contributed by atoms with E-state index >= 15 is 0 Å². The van der Waals surface area contributed by atoms with Crippen molar-refractivity contribution in [2.24, 2.45) is 0 Å². The first kappa shape index (κ1) is 25.1. The molecule has 1 amide bonds. The lowest BCUT2D eigenvalue weighted by molar-refractivity contribution is 0.0730. The molecule has 1 aliphatic rings. The number of sulfonamides is 1. The zero-order valence-corrected chi connectivity index (χ0v) is 20.0. The van der Waals surface area contributed by atoms with Crippen LogP contribution in [0.25, 0.3) is 0 Å². The van der Waals surface area contributed by atoms with Crippen LogP contribution in [0.2, 0.25) is 0 Å². The number of carbonyl (C=O) groups is 1. The lowest BCUT2D eigenvalue weighted by Gasteiger charge is -2.26. The molecule has 33 heavy (non-hydrogen) atoms. The van der Waals surface area contributed by atoms with Crippen LogP contribution >= 0.6 is 0 Å². The summed E-state index contributed by atoms with van der Waals surface area (Å²) in [4.78, 5) is 12.6. The third-order valence-corrected chi connectivity index (χ3v) is 7.22. The number of hydrogen-bond acceptors (Lipinski definition) is 5. The van der Waals surface area contributed by atoms with Crippen molar-refractivity contribution in [3.63, 3.8) is 0 Å². The standard InChI is InChI=1S/C24H31FN2O5S/c1-17(2)32-20-8-6-19(7-9-20)5-4-18(3)26-24(28)22-16-21(10-11-23(22)25)33(29,30)27-12-14-31-15-13-27/h6-11,16-18H,4-5,12-15H2,1-3H3,(H,26,28). The van der Waals surface area contributed by atoms with Gasteiger partial charge in [0, 0.05) is 19.1 Å². The highest BCUT2D eigenvalue weighted by molar-refractivity contribution is 7.89. The number of morpholine rings is 1. The summed E-state index contributed by atoms with van der Waals surface area (Å²) in [7, 11) is -3.82. The van der Waals surface area contributed by atoms with Crippen molar-refractivity contribution in [1.82, 2.24) is 9.62 Å². The summed E-state index contributed by atoms with van der Waals surface area (Å²) in [5.74, 6) is -0.599. The summed E-state index contributed by atoms with van der Waals surface area (Å²) >= 11 is 0. The van der Waals surface area contributed by atoms with Crippen molar-refractivity contribution in [3.05, 3.63) is 59.4 Å². The SMILES string of the molecule is CC(CCc1ccc(OC(C)C)cc1)NC(=O)c1cc(S(=O)(=O)N2CCOCC2)ccc1F. The van der Waals surface area contributed by atoms with Crippen LogP contribution in [-0.2, 0) is 21.2 Å². The number of carbonyl (C=O) groups excluding carboxylic acids is 1. The summed E-state index contributed by atoms with van der Waals surface area (Å²) in [6.45, 7) is 6.83. The second kappa shape index (κ2) is 11.1. The Morgan fingerprint density at radius 1 is 1.12 bits per heavy atom. The van der Waals surface area contributed by atoms with Gasteiger partial charge in [-0.1, -0.05) is 12.1 Å². The molecule has 1 atom stereocenters. The molecule has 0 aromatic heterocycles. The van der Waals surface area contributed by atoms with E-state index in [1.807, 2.05) is 45.0 Å². The molecule has 1 aliphatic heterocycles. The molecule has 1 fully saturated rings. The Hall–Kier alpha value is -2.49.